The van der Waals surface area contributed by atoms with Gasteiger partial charge in [-0.15, -0.1) is 11.3 Å². The van der Waals surface area contributed by atoms with Crippen LogP contribution in [0.3, 0.4) is 0 Å². The minimum absolute atomic E-state index is 0.0209. The van der Waals surface area contributed by atoms with Crippen molar-refractivity contribution in [2.45, 2.75) is 33.2 Å². The van der Waals surface area contributed by atoms with E-state index in [-0.39, 0.29) is 24.7 Å². The van der Waals surface area contributed by atoms with E-state index < -0.39 is 5.97 Å². The molecule has 94 valence electrons. The Bertz CT molecular complexity index is 403. The Balaban J connectivity index is 2.28. The second kappa shape index (κ2) is 6.34. The molecule has 0 aromatic carbocycles. The summed E-state index contributed by atoms with van der Waals surface area (Å²) >= 11 is 1.54. The van der Waals surface area contributed by atoms with Gasteiger partial charge in [-0.1, -0.05) is 6.92 Å². The van der Waals surface area contributed by atoms with E-state index in [4.69, 9.17) is 5.11 Å². The number of rotatable bonds is 6. The third-order valence-corrected chi connectivity index (χ3v) is 3.10. The molecule has 1 aromatic heterocycles. The van der Waals surface area contributed by atoms with Gasteiger partial charge in [-0.05, 0) is 12.8 Å². The highest BCUT2D eigenvalue weighted by Gasteiger charge is 2.12. The van der Waals surface area contributed by atoms with Crippen LogP contribution in [0, 0.1) is 12.8 Å². The maximum atomic E-state index is 11.5. The Kier molecular flexibility index (Phi) is 5.09. The van der Waals surface area contributed by atoms with Gasteiger partial charge < -0.3 is 10.4 Å². The highest BCUT2D eigenvalue weighted by molar-refractivity contribution is 7.11. The highest BCUT2D eigenvalue weighted by Crippen LogP contribution is 2.11. The first-order valence-corrected chi connectivity index (χ1v) is 6.19. The number of carboxylic acids is 1. The Morgan fingerprint density at radius 1 is 1.53 bits per heavy atom. The summed E-state index contributed by atoms with van der Waals surface area (Å²) in [7, 11) is 0. The van der Waals surface area contributed by atoms with Crippen LogP contribution < -0.4 is 5.32 Å². The average molecular weight is 256 g/mol. The maximum absolute atomic E-state index is 11.5. The summed E-state index contributed by atoms with van der Waals surface area (Å²) in [5, 5.41) is 12.3. The largest absolute Gasteiger partial charge is 0.481 e. The number of carboxylic acid groups (broad SMARTS) is 1. The number of aliphatic carboxylic acids is 1. The summed E-state index contributed by atoms with van der Waals surface area (Å²) in [5.74, 6) is -1.14. The molecule has 2 N–H and O–H groups in total. The highest BCUT2D eigenvalue weighted by atomic mass is 32.1. The third-order valence-electron chi connectivity index (χ3n) is 2.19. The Hall–Kier alpha value is -1.43. The molecule has 1 heterocycles. The quantitative estimate of drug-likeness (QED) is 0.809. The van der Waals surface area contributed by atoms with Crippen molar-refractivity contribution in [3.63, 3.8) is 0 Å². The van der Waals surface area contributed by atoms with Crippen LogP contribution in [0.2, 0.25) is 0 Å². The summed E-state index contributed by atoms with van der Waals surface area (Å²) < 4.78 is 0. The Morgan fingerprint density at radius 3 is 2.76 bits per heavy atom. The lowest BCUT2D eigenvalue weighted by molar-refractivity contribution is -0.138. The van der Waals surface area contributed by atoms with Crippen LogP contribution >= 0.6 is 11.3 Å². The number of nitrogens with one attached hydrogen (secondary N) is 1. The van der Waals surface area contributed by atoms with Crippen molar-refractivity contribution in [1.82, 2.24) is 10.3 Å². The second-order valence-electron chi connectivity index (χ2n) is 4.03. The second-order valence-corrected chi connectivity index (χ2v) is 5.35. The molecule has 0 saturated carbocycles. The van der Waals surface area contributed by atoms with E-state index >= 15 is 0 Å². The zero-order valence-corrected chi connectivity index (χ0v) is 10.7. The summed E-state index contributed by atoms with van der Waals surface area (Å²) in [6.45, 7) is 4.12. The normalized spacial score (nSPS) is 12.1. The van der Waals surface area contributed by atoms with Gasteiger partial charge in [0.15, 0.2) is 0 Å². The van der Waals surface area contributed by atoms with Crippen LogP contribution in [0.4, 0.5) is 0 Å². The van der Waals surface area contributed by atoms with E-state index in [0.717, 1.165) is 9.88 Å². The van der Waals surface area contributed by atoms with Gasteiger partial charge in [-0.2, -0.15) is 0 Å². The van der Waals surface area contributed by atoms with Gasteiger partial charge in [0.05, 0.1) is 11.6 Å². The lowest BCUT2D eigenvalue weighted by atomic mass is 10.0. The molecule has 0 aliphatic carbocycles. The summed E-state index contributed by atoms with van der Waals surface area (Å²) in [6.07, 6.45) is 2.00. The fraction of sp³-hybridized carbons (Fsp3) is 0.545. The van der Waals surface area contributed by atoms with Crippen LogP contribution in [0.1, 0.15) is 29.7 Å². The molecule has 1 unspecified atom stereocenters. The molecule has 0 aliphatic rings. The summed E-state index contributed by atoms with van der Waals surface area (Å²) in [4.78, 5) is 27.0. The SMILES string of the molecule is Cc1ncc(CNC(=O)CC(C)CC(=O)O)s1. The van der Waals surface area contributed by atoms with Crippen LogP contribution in [0.25, 0.3) is 0 Å². The van der Waals surface area contributed by atoms with E-state index in [0.29, 0.717) is 6.54 Å². The Labute approximate surface area is 104 Å². The van der Waals surface area contributed by atoms with Crippen molar-refractivity contribution in [2.24, 2.45) is 5.92 Å². The fourth-order valence-electron chi connectivity index (χ4n) is 1.43. The first-order chi connectivity index (χ1) is 7.97. The van der Waals surface area contributed by atoms with Crippen molar-refractivity contribution < 1.29 is 14.7 Å². The number of hydrogen-bond donors (Lipinski definition) is 2. The van der Waals surface area contributed by atoms with Crippen LogP contribution in [0.5, 0.6) is 0 Å². The van der Waals surface area contributed by atoms with E-state index in [9.17, 15) is 9.59 Å². The maximum Gasteiger partial charge on any atom is 0.303 e. The number of hydrogen-bond acceptors (Lipinski definition) is 4. The summed E-state index contributed by atoms with van der Waals surface area (Å²) in [6, 6.07) is 0. The molecular formula is C11H16N2O3S. The van der Waals surface area contributed by atoms with Crippen molar-refractivity contribution in [3.8, 4) is 0 Å². The fourth-order valence-corrected chi connectivity index (χ4v) is 2.17. The van der Waals surface area contributed by atoms with Crippen molar-refractivity contribution in [3.05, 3.63) is 16.1 Å². The number of carbonyl (C=O) groups is 2. The first-order valence-electron chi connectivity index (χ1n) is 5.37. The van der Waals surface area contributed by atoms with E-state index in [1.807, 2.05) is 6.92 Å². The molecule has 1 atom stereocenters. The molecule has 1 aromatic rings. The number of aromatic nitrogens is 1. The number of nitrogens with zero attached hydrogens (tertiary/aromatic N) is 1. The van der Waals surface area contributed by atoms with Gasteiger partial charge in [0.2, 0.25) is 5.91 Å². The summed E-state index contributed by atoms with van der Waals surface area (Å²) in [5.41, 5.74) is 0. The Morgan fingerprint density at radius 2 is 2.24 bits per heavy atom. The smallest absolute Gasteiger partial charge is 0.303 e. The molecule has 1 amide bonds. The molecule has 6 heteroatoms. The molecule has 0 bridgehead atoms. The average Bonchev–Trinajstić information content (AvgIpc) is 2.59. The van der Waals surface area contributed by atoms with E-state index in [1.165, 1.54) is 11.3 Å². The molecular weight excluding hydrogens is 240 g/mol. The molecule has 5 nitrogen and oxygen atoms in total. The number of amides is 1. The third kappa shape index (κ3) is 5.44. The standard InChI is InChI=1S/C11H16N2O3S/c1-7(4-11(15)16)3-10(14)13-6-9-5-12-8(2)17-9/h5,7H,3-4,6H2,1-2H3,(H,13,14)(H,15,16). The molecule has 0 radical (unpaired) electrons. The molecule has 0 saturated heterocycles. The lowest BCUT2D eigenvalue weighted by Crippen LogP contribution is -2.24. The zero-order chi connectivity index (χ0) is 12.8. The number of aryl methyl sites for hydroxylation is 1. The van der Waals surface area contributed by atoms with Gasteiger partial charge >= 0.3 is 5.97 Å². The van der Waals surface area contributed by atoms with Crippen molar-refractivity contribution >= 4 is 23.2 Å². The van der Waals surface area contributed by atoms with Gasteiger partial charge in [0.25, 0.3) is 0 Å². The van der Waals surface area contributed by atoms with Crippen LogP contribution in [-0.2, 0) is 16.1 Å². The van der Waals surface area contributed by atoms with E-state index in [2.05, 4.69) is 10.3 Å². The van der Waals surface area contributed by atoms with Crippen LogP contribution in [-0.4, -0.2) is 22.0 Å². The molecule has 1 rings (SSSR count). The molecule has 17 heavy (non-hydrogen) atoms. The number of thiazole rings is 1. The monoisotopic (exact) mass is 256 g/mol. The van der Waals surface area contributed by atoms with Gasteiger partial charge in [0, 0.05) is 23.9 Å². The van der Waals surface area contributed by atoms with Gasteiger partial charge in [-0.25, -0.2) is 4.98 Å². The minimum Gasteiger partial charge on any atom is -0.481 e. The first kappa shape index (κ1) is 13.6. The zero-order valence-electron chi connectivity index (χ0n) is 9.90. The predicted octanol–water partition coefficient (Wildman–Crippen LogP) is 1.57. The molecule has 0 spiro atoms. The minimum atomic E-state index is -0.872. The molecule has 0 fully saturated rings. The predicted molar refractivity (Wildman–Crippen MR) is 64.7 cm³/mol. The van der Waals surface area contributed by atoms with Crippen molar-refractivity contribution in [2.75, 3.05) is 0 Å². The van der Waals surface area contributed by atoms with Gasteiger partial charge in [-0.3, -0.25) is 9.59 Å². The number of carbonyl (C=O) groups excluding carboxylic acids is 1. The lowest BCUT2D eigenvalue weighted by Gasteiger charge is -2.08. The molecule has 0 aliphatic heterocycles. The van der Waals surface area contributed by atoms with Crippen LogP contribution in [0.15, 0.2) is 6.20 Å². The van der Waals surface area contributed by atoms with Gasteiger partial charge in [0.1, 0.15) is 0 Å². The topological polar surface area (TPSA) is 79.3 Å². The van der Waals surface area contributed by atoms with Crippen molar-refractivity contribution in [1.29, 1.82) is 0 Å². The van der Waals surface area contributed by atoms with E-state index in [1.54, 1.807) is 13.1 Å².